The maximum Gasteiger partial charge on any atom is 0.229 e. The maximum absolute atomic E-state index is 13.2. The Morgan fingerprint density at radius 2 is 1.48 bits per heavy atom. The van der Waals surface area contributed by atoms with E-state index < -0.39 is 79.2 Å². The number of fused-ring (bicyclic) bond motifs is 1. The standard InChI is InChI=1S/C28H32O14/c1-11-20(30)23(33)25(35)27(40-11)39-10-18-22(32)24(34)26(36)28(42-18)41-14-7-16(29)19-17(8-14)38-9-15(21(19)31)12-3-5-13(37-2)6-4-12/h3-9,11,18,20,22-30,32-36H,10H2,1-2H3/t11-,18+,20-,22-,23-,24-,25-,26-,27+,28+/m0/s1. The van der Waals surface area contributed by atoms with E-state index >= 15 is 0 Å². The number of aromatic hydroxyl groups is 1. The summed E-state index contributed by atoms with van der Waals surface area (Å²) in [5, 5.41) is 71.9. The van der Waals surface area contributed by atoms with E-state index in [0.717, 1.165) is 6.07 Å². The van der Waals surface area contributed by atoms with E-state index in [9.17, 15) is 40.5 Å². The number of hydrogen-bond acceptors (Lipinski definition) is 14. The molecule has 0 spiro atoms. The molecule has 2 aliphatic rings. The van der Waals surface area contributed by atoms with Gasteiger partial charge in [0.25, 0.3) is 0 Å². The van der Waals surface area contributed by atoms with Crippen LogP contribution in [0, 0.1) is 0 Å². The molecule has 0 unspecified atom stereocenters. The average Bonchev–Trinajstić information content (AvgIpc) is 2.98. The summed E-state index contributed by atoms with van der Waals surface area (Å²) in [6.45, 7) is 0.987. The summed E-state index contributed by atoms with van der Waals surface area (Å²) in [7, 11) is 1.52. The van der Waals surface area contributed by atoms with Crippen molar-refractivity contribution in [3.8, 4) is 28.4 Å². The molecule has 14 nitrogen and oxygen atoms in total. The van der Waals surface area contributed by atoms with Crippen LogP contribution in [0.1, 0.15) is 6.92 Å². The lowest BCUT2D eigenvalue weighted by Gasteiger charge is -2.42. The van der Waals surface area contributed by atoms with E-state index in [1.54, 1.807) is 24.3 Å². The van der Waals surface area contributed by atoms with Gasteiger partial charge in [0.05, 0.1) is 25.4 Å². The molecular weight excluding hydrogens is 560 g/mol. The zero-order valence-corrected chi connectivity index (χ0v) is 22.5. The Hall–Kier alpha value is -3.31. The molecule has 2 aromatic carbocycles. The van der Waals surface area contributed by atoms with Gasteiger partial charge < -0.3 is 63.8 Å². The first-order valence-electron chi connectivity index (χ1n) is 13.1. The summed E-state index contributed by atoms with van der Waals surface area (Å²) >= 11 is 0. The van der Waals surface area contributed by atoms with Crippen molar-refractivity contribution in [3.63, 3.8) is 0 Å². The molecule has 3 heterocycles. The minimum Gasteiger partial charge on any atom is -0.507 e. The number of aliphatic hydroxyl groups excluding tert-OH is 6. The fourth-order valence-electron chi connectivity index (χ4n) is 4.87. The summed E-state index contributed by atoms with van der Waals surface area (Å²) in [6, 6.07) is 9.07. The van der Waals surface area contributed by atoms with Crippen molar-refractivity contribution < 1.29 is 63.8 Å². The van der Waals surface area contributed by atoms with Crippen LogP contribution < -0.4 is 14.9 Å². The van der Waals surface area contributed by atoms with Crippen LogP contribution in [0.15, 0.2) is 51.9 Å². The molecule has 0 bridgehead atoms. The first kappa shape index (κ1) is 30.2. The lowest BCUT2D eigenvalue weighted by Crippen LogP contribution is -2.61. The van der Waals surface area contributed by atoms with Crippen molar-refractivity contribution in [1.29, 1.82) is 0 Å². The van der Waals surface area contributed by atoms with Crippen LogP contribution in [0.3, 0.4) is 0 Å². The highest BCUT2D eigenvalue weighted by molar-refractivity contribution is 5.88. The van der Waals surface area contributed by atoms with Crippen LogP contribution in [0.25, 0.3) is 22.1 Å². The predicted octanol–water partition coefficient (Wildman–Crippen LogP) is -0.795. The Labute approximate surface area is 238 Å². The van der Waals surface area contributed by atoms with Crippen molar-refractivity contribution in [2.45, 2.75) is 68.3 Å². The molecule has 0 amide bonds. The number of methoxy groups -OCH3 is 1. The Balaban J connectivity index is 1.33. The van der Waals surface area contributed by atoms with Crippen LogP contribution in [0.5, 0.6) is 17.2 Å². The zero-order valence-electron chi connectivity index (χ0n) is 22.5. The number of benzene rings is 2. The third-order valence-corrected chi connectivity index (χ3v) is 7.39. The highest BCUT2D eigenvalue weighted by Gasteiger charge is 2.47. The summed E-state index contributed by atoms with van der Waals surface area (Å²) in [5.41, 5.74) is 0.200. The lowest BCUT2D eigenvalue weighted by atomic mass is 9.98. The molecule has 42 heavy (non-hydrogen) atoms. The van der Waals surface area contributed by atoms with Gasteiger partial charge in [0, 0.05) is 12.1 Å². The van der Waals surface area contributed by atoms with E-state index in [2.05, 4.69) is 0 Å². The van der Waals surface area contributed by atoms with Gasteiger partial charge in [0.15, 0.2) is 6.29 Å². The molecule has 3 aromatic rings. The smallest absolute Gasteiger partial charge is 0.229 e. The summed E-state index contributed by atoms with van der Waals surface area (Å²) < 4.78 is 32.8. The van der Waals surface area contributed by atoms with Gasteiger partial charge in [-0.1, -0.05) is 12.1 Å². The highest BCUT2D eigenvalue weighted by atomic mass is 16.7. The van der Waals surface area contributed by atoms with Gasteiger partial charge in [-0.15, -0.1) is 0 Å². The third kappa shape index (κ3) is 5.68. The Morgan fingerprint density at radius 3 is 2.17 bits per heavy atom. The number of phenolic OH excluding ortho intramolecular Hbond substituents is 1. The van der Waals surface area contributed by atoms with Gasteiger partial charge in [-0.2, -0.15) is 0 Å². The molecule has 0 radical (unpaired) electrons. The first-order valence-corrected chi connectivity index (χ1v) is 13.1. The second-order valence-corrected chi connectivity index (χ2v) is 10.2. The molecule has 1 aromatic heterocycles. The second-order valence-electron chi connectivity index (χ2n) is 10.2. The Morgan fingerprint density at radius 1 is 0.810 bits per heavy atom. The highest BCUT2D eigenvalue weighted by Crippen LogP contribution is 2.33. The van der Waals surface area contributed by atoms with Gasteiger partial charge in [-0.3, -0.25) is 4.79 Å². The monoisotopic (exact) mass is 592 g/mol. The molecular formula is C28H32O14. The third-order valence-electron chi connectivity index (χ3n) is 7.39. The molecule has 2 fully saturated rings. The quantitative estimate of drug-likeness (QED) is 0.179. The van der Waals surface area contributed by atoms with Crippen molar-refractivity contribution in [2.24, 2.45) is 0 Å². The SMILES string of the molecule is COc1ccc(-c2coc3cc(O[C@@H]4O[C@H](CO[C@@H]5O[C@@H](C)[C@H](O)[C@H](O)[C@@H]5O)[C@H](O)[C@H](O)[C@@H]4O)cc(O)c3c2=O)cc1. The molecule has 7 N–H and O–H groups in total. The lowest BCUT2D eigenvalue weighted by molar-refractivity contribution is -0.318. The van der Waals surface area contributed by atoms with Crippen LogP contribution in [0.4, 0.5) is 0 Å². The molecule has 14 heteroatoms. The fraction of sp³-hybridized carbons (Fsp3) is 0.464. The number of aliphatic hydroxyl groups is 6. The van der Waals surface area contributed by atoms with Gasteiger partial charge in [-0.05, 0) is 24.6 Å². The number of hydrogen-bond donors (Lipinski definition) is 7. The minimum absolute atomic E-state index is 0.0312. The van der Waals surface area contributed by atoms with Crippen LogP contribution in [0.2, 0.25) is 0 Å². The van der Waals surface area contributed by atoms with Crippen molar-refractivity contribution >= 4 is 11.0 Å². The van der Waals surface area contributed by atoms with Crippen molar-refractivity contribution in [3.05, 3.63) is 52.9 Å². The van der Waals surface area contributed by atoms with E-state index in [0.29, 0.717) is 11.3 Å². The van der Waals surface area contributed by atoms with Crippen molar-refractivity contribution in [2.75, 3.05) is 13.7 Å². The molecule has 5 rings (SSSR count). The van der Waals surface area contributed by atoms with E-state index in [1.807, 2.05) is 0 Å². The zero-order chi connectivity index (χ0) is 30.3. The summed E-state index contributed by atoms with van der Waals surface area (Å²) in [4.78, 5) is 13.2. The summed E-state index contributed by atoms with van der Waals surface area (Å²) in [5.74, 6) is 0.0283. The van der Waals surface area contributed by atoms with E-state index in [-0.39, 0.29) is 22.3 Å². The molecule has 2 saturated heterocycles. The molecule has 10 atom stereocenters. The van der Waals surface area contributed by atoms with E-state index in [4.69, 9.17) is 28.1 Å². The number of phenols is 1. The van der Waals surface area contributed by atoms with Crippen LogP contribution in [-0.2, 0) is 14.2 Å². The molecule has 2 aliphatic heterocycles. The van der Waals surface area contributed by atoms with E-state index in [1.165, 1.54) is 26.4 Å². The van der Waals surface area contributed by atoms with Gasteiger partial charge in [0.2, 0.25) is 11.7 Å². The second kappa shape index (κ2) is 12.1. The normalized spacial score (nSPS) is 33.4. The first-order chi connectivity index (χ1) is 20.0. The largest absolute Gasteiger partial charge is 0.507 e. The minimum atomic E-state index is -1.75. The fourth-order valence-corrected chi connectivity index (χ4v) is 4.87. The molecule has 0 saturated carbocycles. The number of ether oxygens (including phenoxy) is 5. The van der Waals surface area contributed by atoms with Crippen LogP contribution in [-0.4, -0.2) is 111 Å². The Kier molecular flexibility index (Phi) is 8.71. The maximum atomic E-state index is 13.2. The number of rotatable bonds is 7. The topological polar surface area (TPSA) is 218 Å². The van der Waals surface area contributed by atoms with Gasteiger partial charge in [0.1, 0.15) is 77.2 Å². The Bertz CT molecular complexity index is 1440. The van der Waals surface area contributed by atoms with Gasteiger partial charge >= 0.3 is 0 Å². The van der Waals surface area contributed by atoms with Crippen molar-refractivity contribution in [1.82, 2.24) is 0 Å². The molecule has 228 valence electrons. The predicted molar refractivity (Wildman–Crippen MR) is 142 cm³/mol. The van der Waals surface area contributed by atoms with Gasteiger partial charge in [-0.25, -0.2) is 0 Å². The summed E-state index contributed by atoms with van der Waals surface area (Å²) in [6.07, 6.45) is -13.6. The molecule has 0 aliphatic carbocycles. The average molecular weight is 593 g/mol. The van der Waals surface area contributed by atoms with Crippen LogP contribution >= 0.6 is 0 Å².